The first-order valence-corrected chi connectivity index (χ1v) is 7.69. The molecule has 3 rings (SSSR count). The van der Waals surface area contributed by atoms with Gasteiger partial charge in [-0.25, -0.2) is 4.39 Å². The molecule has 0 spiro atoms. The van der Waals surface area contributed by atoms with E-state index in [0.29, 0.717) is 17.2 Å². The number of rotatable bonds is 5. The summed E-state index contributed by atoms with van der Waals surface area (Å²) in [4.78, 5) is 24.1. The van der Waals surface area contributed by atoms with Crippen LogP contribution >= 0.6 is 11.3 Å². The summed E-state index contributed by atoms with van der Waals surface area (Å²) in [7, 11) is 0. The molecule has 0 aliphatic rings. The number of furan rings is 1. The van der Waals surface area contributed by atoms with E-state index in [1.807, 2.05) is 0 Å². The predicted molar refractivity (Wildman–Crippen MR) is 84.0 cm³/mol. The molecule has 0 fully saturated rings. The van der Waals surface area contributed by atoms with Crippen molar-refractivity contribution in [2.45, 2.75) is 13.1 Å². The summed E-state index contributed by atoms with van der Waals surface area (Å²) >= 11 is 0.873. The molecule has 5 nitrogen and oxygen atoms in total. The molecular formula is C16H13FN2O3S. The lowest BCUT2D eigenvalue weighted by Gasteiger charge is -2.02. The molecule has 1 aromatic carbocycles. The zero-order valence-corrected chi connectivity index (χ0v) is 12.8. The van der Waals surface area contributed by atoms with Crippen LogP contribution < -0.4 is 10.2 Å². The highest BCUT2D eigenvalue weighted by atomic mass is 32.1. The van der Waals surface area contributed by atoms with Gasteiger partial charge in [-0.15, -0.1) is 0 Å². The molecule has 2 aromatic heterocycles. The fourth-order valence-corrected chi connectivity index (χ4v) is 2.81. The summed E-state index contributed by atoms with van der Waals surface area (Å²) in [6, 6.07) is 9.38. The number of amides is 1. The highest BCUT2D eigenvalue weighted by molar-refractivity contribution is 7.11. The van der Waals surface area contributed by atoms with E-state index in [1.54, 1.807) is 24.3 Å². The molecule has 2 heterocycles. The van der Waals surface area contributed by atoms with Gasteiger partial charge >= 0.3 is 4.87 Å². The zero-order valence-electron chi connectivity index (χ0n) is 12.0. The second-order valence-corrected chi connectivity index (χ2v) is 5.87. The van der Waals surface area contributed by atoms with Gasteiger partial charge in [-0.2, -0.15) is 0 Å². The van der Waals surface area contributed by atoms with Gasteiger partial charge in [0, 0.05) is 6.20 Å². The summed E-state index contributed by atoms with van der Waals surface area (Å²) in [5.74, 6) is -0.0257. The molecule has 0 atom stereocenters. The lowest BCUT2D eigenvalue weighted by atomic mass is 10.2. The molecule has 1 N–H and O–H groups in total. The number of hydrogen-bond acceptors (Lipinski definition) is 4. The van der Waals surface area contributed by atoms with Crippen molar-refractivity contribution in [3.8, 4) is 0 Å². The topological polar surface area (TPSA) is 64.2 Å². The molecule has 0 aliphatic heterocycles. The molecule has 7 heteroatoms. The fourth-order valence-electron chi connectivity index (χ4n) is 2.04. The molecule has 23 heavy (non-hydrogen) atoms. The summed E-state index contributed by atoms with van der Waals surface area (Å²) in [5.41, 5.74) is 0.786. The highest BCUT2D eigenvalue weighted by Crippen LogP contribution is 2.09. The number of nitrogens with one attached hydrogen (secondary N) is 1. The van der Waals surface area contributed by atoms with Crippen LogP contribution in [-0.2, 0) is 13.1 Å². The van der Waals surface area contributed by atoms with Gasteiger partial charge in [0.2, 0.25) is 0 Å². The van der Waals surface area contributed by atoms with E-state index in [9.17, 15) is 14.0 Å². The van der Waals surface area contributed by atoms with Gasteiger partial charge in [0.25, 0.3) is 5.91 Å². The van der Waals surface area contributed by atoms with Crippen molar-refractivity contribution in [3.05, 3.63) is 80.5 Å². The van der Waals surface area contributed by atoms with E-state index in [1.165, 1.54) is 29.2 Å². The Kier molecular flexibility index (Phi) is 4.38. The maximum Gasteiger partial charge on any atom is 0.308 e. The third kappa shape index (κ3) is 3.75. The summed E-state index contributed by atoms with van der Waals surface area (Å²) < 4.78 is 19.4. The lowest BCUT2D eigenvalue weighted by molar-refractivity contribution is 0.0951. The van der Waals surface area contributed by atoms with Crippen LogP contribution in [0, 0.1) is 5.82 Å². The Hall–Kier alpha value is -2.67. The molecule has 0 unspecified atom stereocenters. The summed E-state index contributed by atoms with van der Waals surface area (Å²) in [6.45, 7) is 0.553. The van der Waals surface area contributed by atoms with E-state index < -0.39 is 0 Å². The largest absolute Gasteiger partial charge is 0.467 e. The molecule has 0 aliphatic carbocycles. The quantitative estimate of drug-likeness (QED) is 0.781. The molecule has 0 radical (unpaired) electrons. The Balaban J connectivity index is 1.68. The average Bonchev–Trinajstić information content (AvgIpc) is 3.18. The van der Waals surface area contributed by atoms with Gasteiger partial charge < -0.3 is 14.3 Å². The minimum Gasteiger partial charge on any atom is -0.467 e. The zero-order chi connectivity index (χ0) is 16.2. The number of aromatic nitrogens is 1. The Morgan fingerprint density at radius 3 is 2.74 bits per heavy atom. The minimum atomic E-state index is -0.332. The Morgan fingerprint density at radius 2 is 2.04 bits per heavy atom. The van der Waals surface area contributed by atoms with Crippen molar-refractivity contribution in [3.63, 3.8) is 0 Å². The van der Waals surface area contributed by atoms with Crippen LogP contribution in [-0.4, -0.2) is 10.5 Å². The predicted octanol–water partition coefficient (Wildman–Crippen LogP) is 2.62. The van der Waals surface area contributed by atoms with Gasteiger partial charge in [0.15, 0.2) is 0 Å². The Morgan fingerprint density at radius 1 is 1.26 bits per heavy atom. The normalized spacial score (nSPS) is 10.7. The lowest BCUT2D eigenvalue weighted by Crippen LogP contribution is -2.21. The van der Waals surface area contributed by atoms with Crippen molar-refractivity contribution < 1.29 is 13.6 Å². The molecular weight excluding hydrogens is 319 g/mol. The van der Waals surface area contributed by atoms with Crippen molar-refractivity contribution in [2.24, 2.45) is 0 Å². The van der Waals surface area contributed by atoms with Gasteiger partial charge in [-0.3, -0.25) is 9.59 Å². The monoisotopic (exact) mass is 332 g/mol. The van der Waals surface area contributed by atoms with Crippen LogP contribution in [0.4, 0.5) is 4.39 Å². The number of benzene rings is 1. The Bertz CT molecular complexity index is 850. The number of hydrogen-bond donors (Lipinski definition) is 1. The van der Waals surface area contributed by atoms with Gasteiger partial charge in [-0.05, 0) is 29.8 Å². The second kappa shape index (κ2) is 6.62. The number of thiazole rings is 1. The number of halogens is 1. The van der Waals surface area contributed by atoms with Crippen molar-refractivity contribution in [1.82, 2.24) is 9.88 Å². The maximum atomic E-state index is 12.9. The smallest absolute Gasteiger partial charge is 0.308 e. The fraction of sp³-hybridized carbons (Fsp3) is 0.125. The van der Waals surface area contributed by atoms with Gasteiger partial charge in [-0.1, -0.05) is 23.5 Å². The van der Waals surface area contributed by atoms with Gasteiger partial charge in [0.05, 0.1) is 19.4 Å². The van der Waals surface area contributed by atoms with E-state index in [0.717, 1.165) is 16.9 Å². The SMILES string of the molecule is O=C(NCc1ccco1)c1cn(Cc2ccc(F)cc2)c(=O)s1. The molecule has 1 amide bonds. The Labute approximate surface area is 135 Å². The van der Waals surface area contributed by atoms with E-state index in [4.69, 9.17) is 4.42 Å². The first-order chi connectivity index (χ1) is 11.1. The summed E-state index contributed by atoms with van der Waals surface area (Å²) in [6.07, 6.45) is 3.03. The van der Waals surface area contributed by atoms with Gasteiger partial charge in [0.1, 0.15) is 16.5 Å². The van der Waals surface area contributed by atoms with Crippen LogP contribution in [0.25, 0.3) is 0 Å². The standard InChI is InChI=1S/C16H13FN2O3S/c17-12-5-3-11(4-6-12)9-19-10-14(23-16(19)21)15(20)18-8-13-2-1-7-22-13/h1-7,10H,8-9H2,(H,18,20). The maximum absolute atomic E-state index is 12.9. The van der Waals surface area contributed by atoms with E-state index in [-0.39, 0.29) is 23.1 Å². The molecule has 0 saturated carbocycles. The number of nitrogens with zero attached hydrogens (tertiary/aromatic N) is 1. The number of carbonyl (C=O) groups excluding carboxylic acids is 1. The minimum absolute atomic E-state index is 0.238. The average molecular weight is 332 g/mol. The van der Waals surface area contributed by atoms with Crippen LogP contribution in [0.15, 0.2) is 58.1 Å². The van der Waals surface area contributed by atoms with Crippen LogP contribution in [0.5, 0.6) is 0 Å². The third-order valence-electron chi connectivity index (χ3n) is 3.20. The van der Waals surface area contributed by atoms with Crippen molar-refractivity contribution in [1.29, 1.82) is 0 Å². The number of carbonyl (C=O) groups is 1. The molecule has 118 valence electrons. The van der Waals surface area contributed by atoms with Crippen molar-refractivity contribution in [2.75, 3.05) is 0 Å². The first-order valence-electron chi connectivity index (χ1n) is 6.87. The molecule has 3 aromatic rings. The molecule has 0 saturated heterocycles. The first kappa shape index (κ1) is 15.2. The summed E-state index contributed by atoms with van der Waals surface area (Å²) in [5, 5.41) is 2.69. The van der Waals surface area contributed by atoms with E-state index in [2.05, 4.69) is 5.32 Å². The van der Waals surface area contributed by atoms with Crippen molar-refractivity contribution >= 4 is 17.2 Å². The van der Waals surface area contributed by atoms with Crippen LogP contribution in [0.1, 0.15) is 21.0 Å². The molecule has 0 bridgehead atoms. The second-order valence-electron chi connectivity index (χ2n) is 4.88. The van der Waals surface area contributed by atoms with E-state index >= 15 is 0 Å². The highest BCUT2D eigenvalue weighted by Gasteiger charge is 2.12. The third-order valence-corrected chi connectivity index (χ3v) is 4.12. The van der Waals surface area contributed by atoms with Crippen LogP contribution in [0.2, 0.25) is 0 Å². The van der Waals surface area contributed by atoms with Crippen LogP contribution in [0.3, 0.4) is 0 Å².